The SMILES string of the molecule is c1ccc(-c2nc(-c3ccccc3)nc(-n3c4ccccc4c4c5c6ccccc6n(-c6ccccc6)c5cc(-c5ccccc5)c43)n2)cc1. The average Bonchev–Trinajstić information content (AvgIpc) is 3.72. The van der Waals surface area contributed by atoms with Gasteiger partial charge < -0.3 is 4.57 Å². The Morgan fingerprint density at radius 3 is 1.40 bits per heavy atom. The second-order valence-corrected chi connectivity index (χ2v) is 12.5. The molecule has 0 aliphatic rings. The second kappa shape index (κ2) is 11.4. The number of nitrogens with zero attached hydrogens (tertiary/aromatic N) is 5. The van der Waals surface area contributed by atoms with Crippen molar-refractivity contribution in [3.05, 3.63) is 176 Å². The predicted molar refractivity (Wildman–Crippen MR) is 205 cm³/mol. The summed E-state index contributed by atoms with van der Waals surface area (Å²) in [6.45, 7) is 0. The van der Waals surface area contributed by atoms with Gasteiger partial charge in [0.25, 0.3) is 0 Å². The highest BCUT2D eigenvalue weighted by Crippen LogP contribution is 2.46. The molecule has 0 fully saturated rings. The van der Waals surface area contributed by atoms with E-state index in [2.05, 4.69) is 149 Å². The molecule has 0 aliphatic carbocycles. The number of aromatic nitrogens is 5. The molecule has 0 spiro atoms. The molecule has 0 saturated heterocycles. The van der Waals surface area contributed by atoms with E-state index in [1.807, 2.05) is 36.4 Å². The Morgan fingerprint density at radius 2 is 0.820 bits per heavy atom. The minimum Gasteiger partial charge on any atom is -0.309 e. The maximum atomic E-state index is 5.24. The minimum absolute atomic E-state index is 0.576. The summed E-state index contributed by atoms with van der Waals surface area (Å²) < 4.78 is 4.65. The van der Waals surface area contributed by atoms with Crippen molar-refractivity contribution in [2.75, 3.05) is 0 Å². The van der Waals surface area contributed by atoms with E-state index in [0.717, 1.165) is 55.4 Å². The van der Waals surface area contributed by atoms with Crippen molar-refractivity contribution < 1.29 is 0 Å². The summed E-state index contributed by atoms with van der Waals surface area (Å²) in [4.78, 5) is 15.5. The van der Waals surface area contributed by atoms with Gasteiger partial charge in [-0.15, -0.1) is 0 Å². The van der Waals surface area contributed by atoms with Crippen molar-refractivity contribution in [1.82, 2.24) is 24.1 Å². The third kappa shape index (κ3) is 4.37. The number of hydrogen-bond donors (Lipinski definition) is 0. The first kappa shape index (κ1) is 28.2. The van der Waals surface area contributed by atoms with Crippen LogP contribution in [0.1, 0.15) is 0 Å². The van der Waals surface area contributed by atoms with Gasteiger partial charge >= 0.3 is 0 Å². The molecule has 0 radical (unpaired) electrons. The summed E-state index contributed by atoms with van der Waals surface area (Å²) in [5, 5.41) is 4.72. The van der Waals surface area contributed by atoms with Crippen molar-refractivity contribution in [2.45, 2.75) is 0 Å². The third-order valence-corrected chi connectivity index (χ3v) is 9.56. The van der Waals surface area contributed by atoms with E-state index in [1.165, 1.54) is 16.2 Å². The first-order valence-corrected chi connectivity index (χ1v) is 16.8. The van der Waals surface area contributed by atoms with E-state index in [9.17, 15) is 0 Å². The average molecular weight is 640 g/mol. The van der Waals surface area contributed by atoms with Gasteiger partial charge in [-0.2, -0.15) is 9.97 Å². The number of benzene rings is 7. The molecule has 0 unspecified atom stereocenters. The van der Waals surface area contributed by atoms with Gasteiger partial charge in [0.15, 0.2) is 11.6 Å². The van der Waals surface area contributed by atoms with E-state index >= 15 is 0 Å². The molecule has 5 heteroatoms. The first-order chi connectivity index (χ1) is 24.8. The van der Waals surface area contributed by atoms with E-state index in [0.29, 0.717) is 17.6 Å². The monoisotopic (exact) mass is 639 g/mol. The predicted octanol–water partition coefficient (Wildman–Crippen LogP) is 11.1. The molecule has 10 rings (SSSR count). The summed E-state index contributed by atoms with van der Waals surface area (Å²) >= 11 is 0. The maximum absolute atomic E-state index is 5.24. The highest BCUT2D eigenvalue weighted by atomic mass is 15.2. The van der Waals surface area contributed by atoms with E-state index in [-0.39, 0.29) is 0 Å². The van der Waals surface area contributed by atoms with Crippen LogP contribution in [0.5, 0.6) is 0 Å². The lowest BCUT2D eigenvalue weighted by atomic mass is 9.98. The number of fused-ring (bicyclic) bond motifs is 7. The molecule has 10 aromatic rings. The van der Waals surface area contributed by atoms with Crippen LogP contribution in [0, 0.1) is 0 Å². The van der Waals surface area contributed by atoms with Gasteiger partial charge in [0, 0.05) is 43.9 Å². The number of hydrogen-bond acceptors (Lipinski definition) is 3. The van der Waals surface area contributed by atoms with Crippen molar-refractivity contribution in [1.29, 1.82) is 0 Å². The topological polar surface area (TPSA) is 48.5 Å². The van der Waals surface area contributed by atoms with Crippen LogP contribution >= 0.6 is 0 Å². The molecule has 5 nitrogen and oxygen atoms in total. The Labute approximate surface area is 288 Å². The number of rotatable bonds is 5. The molecule has 50 heavy (non-hydrogen) atoms. The van der Waals surface area contributed by atoms with Gasteiger partial charge in [0.05, 0.1) is 22.1 Å². The Balaban J connectivity index is 1.42. The van der Waals surface area contributed by atoms with Crippen LogP contribution in [-0.4, -0.2) is 24.1 Å². The zero-order valence-corrected chi connectivity index (χ0v) is 27.0. The summed E-state index contributed by atoms with van der Waals surface area (Å²) in [7, 11) is 0. The Hall–Kier alpha value is -6.85. The molecule has 0 amide bonds. The van der Waals surface area contributed by atoms with E-state index < -0.39 is 0 Å². The summed E-state index contributed by atoms with van der Waals surface area (Å²) in [5.41, 5.74) is 9.63. The minimum atomic E-state index is 0.576. The lowest BCUT2D eigenvalue weighted by Gasteiger charge is -2.14. The lowest BCUT2D eigenvalue weighted by molar-refractivity contribution is 0.954. The molecule has 3 heterocycles. The first-order valence-electron chi connectivity index (χ1n) is 16.8. The molecule has 0 bridgehead atoms. The molecule has 234 valence electrons. The fourth-order valence-corrected chi connectivity index (χ4v) is 7.41. The van der Waals surface area contributed by atoms with Gasteiger partial charge in [-0.05, 0) is 35.9 Å². The van der Waals surface area contributed by atoms with E-state index in [4.69, 9.17) is 15.0 Å². The molecular formula is C45H29N5. The molecule has 0 aliphatic heterocycles. The van der Waals surface area contributed by atoms with Crippen molar-refractivity contribution in [2.24, 2.45) is 0 Å². The zero-order chi connectivity index (χ0) is 33.0. The van der Waals surface area contributed by atoms with Gasteiger partial charge in [0.2, 0.25) is 5.95 Å². The smallest absolute Gasteiger partial charge is 0.238 e. The Bertz CT molecular complexity index is 2780. The van der Waals surface area contributed by atoms with Crippen LogP contribution < -0.4 is 0 Å². The quantitative estimate of drug-likeness (QED) is 0.188. The third-order valence-electron chi connectivity index (χ3n) is 9.56. The van der Waals surface area contributed by atoms with Gasteiger partial charge in [0.1, 0.15) is 0 Å². The van der Waals surface area contributed by atoms with Crippen molar-refractivity contribution in [3.8, 4) is 45.5 Å². The van der Waals surface area contributed by atoms with Crippen LogP contribution in [0.2, 0.25) is 0 Å². The van der Waals surface area contributed by atoms with Crippen LogP contribution in [0.3, 0.4) is 0 Å². The van der Waals surface area contributed by atoms with Gasteiger partial charge in [-0.3, -0.25) is 4.57 Å². The Kier molecular flexibility index (Phi) is 6.42. The van der Waals surface area contributed by atoms with E-state index in [1.54, 1.807) is 0 Å². The molecule has 0 N–H and O–H groups in total. The van der Waals surface area contributed by atoms with Crippen LogP contribution in [0.25, 0.3) is 89.2 Å². The second-order valence-electron chi connectivity index (χ2n) is 12.5. The molecule has 0 saturated carbocycles. The number of para-hydroxylation sites is 3. The van der Waals surface area contributed by atoms with Gasteiger partial charge in [-0.1, -0.05) is 146 Å². The van der Waals surface area contributed by atoms with Crippen LogP contribution in [-0.2, 0) is 0 Å². The Morgan fingerprint density at radius 1 is 0.360 bits per heavy atom. The van der Waals surface area contributed by atoms with Gasteiger partial charge in [-0.25, -0.2) is 4.98 Å². The molecule has 3 aromatic heterocycles. The summed E-state index contributed by atoms with van der Waals surface area (Å²) in [6, 6.07) is 61.4. The standard InChI is InChI=1S/C45H29N5/c1-5-17-30(18-6-1)36-29-39-40(34-25-13-15-27-37(34)49(39)33-23-11-4-12-24-33)41-35-26-14-16-28-38(35)50(42(36)41)45-47-43(31-19-7-2-8-20-31)46-44(48-45)32-21-9-3-10-22-32/h1-29H. The zero-order valence-electron chi connectivity index (χ0n) is 27.0. The summed E-state index contributed by atoms with van der Waals surface area (Å²) in [5.74, 6) is 1.83. The summed E-state index contributed by atoms with van der Waals surface area (Å²) in [6.07, 6.45) is 0. The fourth-order valence-electron chi connectivity index (χ4n) is 7.41. The lowest BCUT2D eigenvalue weighted by Crippen LogP contribution is -2.07. The van der Waals surface area contributed by atoms with Crippen molar-refractivity contribution in [3.63, 3.8) is 0 Å². The molecular weight excluding hydrogens is 611 g/mol. The highest BCUT2D eigenvalue weighted by Gasteiger charge is 2.25. The van der Waals surface area contributed by atoms with Crippen molar-refractivity contribution >= 4 is 43.6 Å². The fraction of sp³-hybridized carbons (Fsp3) is 0. The molecule has 7 aromatic carbocycles. The van der Waals surface area contributed by atoms with Crippen LogP contribution in [0.15, 0.2) is 176 Å². The normalized spacial score (nSPS) is 11.6. The highest BCUT2D eigenvalue weighted by molar-refractivity contribution is 6.31. The van der Waals surface area contributed by atoms with Crippen LogP contribution in [0.4, 0.5) is 0 Å². The maximum Gasteiger partial charge on any atom is 0.238 e. The molecule has 0 atom stereocenters. The largest absolute Gasteiger partial charge is 0.309 e.